The minimum atomic E-state index is -0.668. The van der Waals surface area contributed by atoms with Crippen molar-refractivity contribution in [3.63, 3.8) is 0 Å². The van der Waals surface area contributed by atoms with Crippen molar-refractivity contribution in [3.05, 3.63) is 51.5 Å². The van der Waals surface area contributed by atoms with Gasteiger partial charge in [-0.25, -0.2) is 4.39 Å². The van der Waals surface area contributed by atoms with E-state index in [1.54, 1.807) is 32.0 Å². The Hall–Kier alpha value is -2.35. The number of benzene rings is 1. The third-order valence-corrected chi connectivity index (χ3v) is 4.31. The first-order chi connectivity index (χ1) is 11.9. The predicted octanol–water partition coefficient (Wildman–Crippen LogP) is 3.17. The van der Waals surface area contributed by atoms with Gasteiger partial charge >= 0.3 is 0 Å². The largest absolute Gasteiger partial charge is 0.482 e. The highest BCUT2D eigenvalue weighted by Gasteiger charge is 2.27. The molecule has 25 heavy (non-hydrogen) atoms. The molecule has 0 saturated heterocycles. The summed E-state index contributed by atoms with van der Waals surface area (Å²) < 4.78 is 20.1. The van der Waals surface area contributed by atoms with Gasteiger partial charge in [0.2, 0.25) is 0 Å². The summed E-state index contributed by atoms with van der Waals surface area (Å²) in [6.07, 6.45) is -0.668. The van der Waals surface area contributed by atoms with E-state index in [9.17, 15) is 14.0 Å². The number of hydrogen-bond donors (Lipinski definition) is 3. The molecule has 8 heteroatoms. The minimum Gasteiger partial charge on any atom is -0.482 e. The number of aromatic nitrogens is 1. The second kappa shape index (κ2) is 8.15. The molecule has 1 aromatic carbocycles. The van der Waals surface area contributed by atoms with Gasteiger partial charge in [0.1, 0.15) is 23.3 Å². The van der Waals surface area contributed by atoms with Crippen molar-refractivity contribution in [2.75, 3.05) is 13.6 Å². The summed E-state index contributed by atoms with van der Waals surface area (Å²) in [4.78, 5) is 27.0. The lowest BCUT2D eigenvalue weighted by Gasteiger charge is -2.16. The number of ether oxygens (including phenoxy) is 1. The number of carbonyl (C=O) groups excluding carboxylic acids is 2. The molecule has 2 amide bonds. The topological polar surface area (TPSA) is 83.2 Å². The first kappa shape index (κ1) is 19.0. The lowest BCUT2D eigenvalue weighted by Crippen LogP contribution is -2.24. The normalized spacial score (nSPS) is 11.7. The van der Waals surface area contributed by atoms with E-state index in [0.29, 0.717) is 16.6 Å². The van der Waals surface area contributed by atoms with Crippen LogP contribution in [-0.4, -0.2) is 30.4 Å². The van der Waals surface area contributed by atoms with E-state index in [0.717, 1.165) is 0 Å². The van der Waals surface area contributed by atoms with Crippen LogP contribution in [-0.2, 0) is 0 Å². The van der Waals surface area contributed by atoms with Gasteiger partial charge in [0.05, 0.1) is 4.47 Å². The molecule has 0 aliphatic heterocycles. The first-order valence-electron chi connectivity index (χ1n) is 7.73. The number of H-pyrrole nitrogens is 1. The highest BCUT2D eigenvalue weighted by molar-refractivity contribution is 9.10. The van der Waals surface area contributed by atoms with E-state index in [1.165, 1.54) is 13.1 Å². The lowest BCUT2D eigenvalue weighted by atomic mass is 10.1. The molecule has 0 radical (unpaired) electrons. The molecule has 0 saturated carbocycles. The standard InChI is InChI=1S/C17H19BrFN3O3/c1-4-21-17(24)13-12(18)15(14(22-13)16(23)20-3)25-9(2)10-7-5-6-8-11(10)19/h5-9,22H,4H2,1-3H3,(H,20,23)(H,21,24)/t9-/m1/s1. The van der Waals surface area contributed by atoms with E-state index in [4.69, 9.17) is 4.74 Å². The summed E-state index contributed by atoms with van der Waals surface area (Å²) in [7, 11) is 1.47. The predicted molar refractivity (Wildman–Crippen MR) is 95.3 cm³/mol. The van der Waals surface area contributed by atoms with Gasteiger partial charge in [-0.2, -0.15) is 0 Å². The molecule has 0 aliphatic rings. The molecular formula is C17H19BrFN3O3. The molecule has 0 unspecified atom stereocenters. The highest BCUT2D eigenvalue weighted by atomic mass is 79.9. The molecule has 0 fully saturated rings. The van der Waals surface area contributed by atoms with Crippen LogP contribution in [0.5, 0.6) is 5.75 Å². The van der Waals surface area contributed by atoms with E-state index in [2.05, 4.69) is 31.5 Å². The van der Waals surface area contributed by atoms with Crippen molar-refractivity contribution in [3.8, 4) is 5.75 Å². The minimum absolute atomic E-state index is 0.0822. The molecule has 1 heterocycles. The third kappa shape index (κ3) is 4.01. The van der Waals surface area contributed by atoms with E-state index in [-0.39, 0.29) is 23.0 Å². The highest BCUT2D eigenvalue weighted by Crippen LogP contribution is 2.36. The molecule has 0 spiro atoms. The quantitative estimate of drug-likeness (QED) is 0.682. The van der Waals surface area contributed by atoms with Crippen LogP contribution in [0.2, 0.25) is 0 Å². The average molecular weight is 412 g/mol. The maximum atomic E-state index is 14.0. The van der Waals surface area contributed by atoms with Crippen LogP contribution in [0.4, 0.5) is 4.39 Å². The Morgan fingerprint density at radius 1 is 1.28 bits per heavy atom. The smallest absolute Gasteiger partial charge is 0.271 e. The van der Waals surface area contributed by atoms with Gasteiger partial charge in [-0.1, -0.05) is 18.2 Å². The number of halogens is 2. The molecule has 3 N–H and O–H groups in total. The maximum Gasteiger partial charge on any atom is 0.271 e. The zero-order chi connectivity index (χ0) is 18.6. The number of hydrogen-bond acceptors (Lipinski definition) is 3. The van der Waals surface area contributed by atoms with Gasteiger partial charge in [0, 0.05) is 19.2 Å². The zero-order valence-electron chi connectivity index (χ0n) is 14.1. The molecule has 1 aromatic heterocycles. The lowest BCUT2D eigenvalue weighted by molar-refractivity contribution is 0.0950. The van der Waals surface area contributed by atoms with Crippen LogP contribution in [0.1, 0.15) is 46.5 Å². The van der Waals surface area contributed by atoms with Gasteiger partial charge in [0.25, 0.3) is 11.8 Å². The fraction of sp³-hybridized carbons (Fsp3) is 0.294. The van der Waals surface area contributed by atoms with Crippen LogP contribution in [0.25, 0.3) is 0 Å². The van der Waals surface area contributed by atoms with Crippen LogP contribution < -0.4 is 15.4 Å². The number of nitrogens with one attached hydrogen (secondary N) is 3. The Morgan fingerprint density at radius 2 is 1.96 bits per heavy atom. The van der Waals surface area contributed by atoms with Crippen LogP contribution in [0.3, 0.4) is 0 Å². The van der Waals surface area contributed by atoms with Crippen molar-refractivity contribution in [2.45, 2.75) is 20.0 Å². The Labute approximate surface area is 153 Å². The van der Waals surface area contributed by atoms with Crippen molar-refractivity contribution < 1.29 is 18.7 Å². The SMILES string of the molecule is CCNC(=O)c1[nH]c(C(=O)NC)c(O[C@H](C)c2ccccc2F)c1Br. The molecule has 0 bridgehead atoms. The van der Waals surface area contributed by atoms with Gasteiger partial charge in [0.15, 0.2) is 5.75 Å². The fourth-order valence-electron chi connectivity index (χ4n) is 2.31. The number of amides is 2. The molecule has 2 rings (SSSR count). The monoisotopic (exact) mass is 411 g/mol. The van der Waals surface area contributed by atoms with Crippen molar-refractivity contribution in [1.29, 1.82) is 0 Å². The molecular weight excluding hydrogens is 393 g/mol. The maximum absolute atomic E-state index is 14.0. The van der Waals surface area contributed by atoms with E-state index in [1.807, 2.05) is 0 Å². The van der Waals surface area contributed by atoms with Crippen molar-refractivity contribution in [2.24, 2.45) is 0 Å². The summed E-state index contributed by atoms with van der Waals surface area (Å²) in [6.45, 7) is 3.88. The van der Waals surface area contributed by atoms with Crippen molar-refractivity contribution >= 4 is 27.7 Å². The van der Waals surface area contributed by atoms with Crippen LogP contribution in [0, 0.1) is 5.82 Å². The van der Waals surface area contributed by atoms with Gasteiger partial charge < -0.3 is 20.4 Å². The molecule has 134 valence electrons. The van der Waals surface area contributed by atoms with Gasteiger partial charge in [-0.05, 0) is 35.8 Å². The summed E-state index contributed by atoms with van der Waals surface area (Å²) >= 11 is 3.30. The second-order valence-electron chi connectivity index (χ2n) is 5.24. The molecule has 2 aromatic rings. The van der Waals surface area contributed by atoms with Gasteiger partial charge in [-0.15, -0.1) is 0 Å². The average Bonchev–Trinajstić information content (AvgIpc) is 2.91. The summed E-state index contributed by atoms with van der Waals surface area (Å²) in [5.41, 5.74) is 0.591. The first-order valence-corrected chi connectivity index (χ1v) is 8.52. The summed E-state index contributed by atoms with van der Waals surface area (Å²) in [6, 6.07) is 6.22. The molecule has 0 aliphatic carbocycles. The summed E-state index contributed by atoms with van der Waals surface area (Å²) in [5.74, 6) is -1.09. The van der Waals surface area contributed by atoms with Crippen LogP contribution >= 0.6 is 15.9 Å². The number of carbonyl (C=O) groups is 2. The number of aromatic amines is 1. The summed E-state index contributed by atoms with van der Waals surface area (Å²) in [5, 5.41) is 5.13. The third-order valence-electron chi connectivity index (χ3n) is 3.55. The van der Waals surface area contributed by atoms with E-state index >= 15 is 0 Å². The van der Waals surface area contributed by atoms with E-state index < -0.39 is 17.8 Å². The Bertz CT molecular complexity index is 791. The molecule has 6 nitrogen and oxygen atoms in total. The Kier molecular flexibility index (Phi) is 6.19. The number of rotatable bonds is 6. The zero-order valence-corrected chi connectivity index (χ0v) is 15.7. The van der Waals surface area contributed by atoms with Crippen LogP contribution in [0.15, 0.2) is 28.7 Å². The van der Waals surface area contributed by atoms with Gasteiger partial charge in [-0.3, -0.25) is 9.59 Å². The fourth-order valence-corrected chi connectivity index (χ4v) is 2.88. The second-order valence-corrected chi connectivity index (χ2v) is 6.03. The Morgan fingerprint density at radius 3 is 2.56 bits per heavy atom. The Balaban J connectivity index is 2.43. The van der Waals surface area contributed by atoms with Crippen molar-refractivity contribution in [1.82, 2.24) is 15.6 Å². The molecule has 1 atom stereocenters.